The lowest BCUT2D eigenvalue weighted by Gasteiger charge is -2.36. The first-order valence-electron chi connectivity index (χ1n) is 10.3. The van der Waals surface area contributed by atoms with Crippen LogP contribution >= 0.6 is 0 Å². The zero-order valence-corrected chi connectivity index (χ0v) is 18.0. The first-order chi connectivity index (χ1) is 15.7. The normalized spacial score (nSPS) is 14.5. The molecule has 2 amide bonds. The topological polar surface area (TPSA) is 83.1 Å². The molecule has 3 rings (SSSR count). The molecule has 8 nitrogen and oxygen atoms in total. The first kappa shape index (κ1) is 24.2. The zero-order valence-electron chi connectivity index (χ0n) is 18.0. The largest absolute Gasteiger partial charge is 0.573 e. The third-order valence-electron chi connectivity index (χ3n) is 5.08. The number of anilines is 2. The second-order valence-corrected chi connectivity index (χ2v) is 7.31. The van der Waals surface area contributed by atoms with Crippen molar-refractivity contribution in [2.75, 3.05) is 56.6 Å². The van der Waals surface area contributed by atoms with Gasteiger partial charge in [-0.3, -0.25) is 14.5 Å². The molecular formula is C22H25F3N4O4. The Hall–Kier alpha value is -3.47. The lowest BCUT2D eigenvalue weighted by atomic mass is 10.2. The monoisotopic (exact) mass is 466 g/mol. The van der Waals surface area contributed by atoms with Crippen molar-refractivity contribution in [3.8, 4) is 11.5 Å². The summed E-state index contributed by atoms with van der Waals surface area (Å²) < 4.78 is 45.5. The number of halogens is 3. The minimum atomic E-state index is -4.80. The maximum absolute atomic E-state index is 12.2. The highest BCUT2D eigenvalue weighted by molar-refractivity contribution is 6.39. The Morgan fingerprint density at radius 3 is 2.09 bits per heavy atom. The lowest BCUT2D eigenvalue weighted by molar-refractivity contribution is -0.274. The van der Waals surface area contributed by atoms with Gasteiger partial charge in [-0.1, -0.05) is 0 Å². The smallest absolute Gasteiger partial charge is 0.497 e. The van der Waals surface area contributed by atoms with Gasteiger partial charge in [0.25, 0.3) is 0 Å². The number of piperazine rings is 1. The van der Waals surface area contributed by atoms with Gasteiger partial charge in [0.15, 0.2) is 0 Å². The van der Waals surface area contributed by atoms with Gasteiger partial charge in [-0.25, -0.2) is 0 Å². The van der Waals surface area contributed by atoms with E-state index in [1.54, 1.807) is 7.11 Å². The summed E-state index contributed by atoms with van der Waals surface area (Å²) in [6.45, 7) is 4.22. The van der Waals surface area contributed by atoms with Gasteiger partial charge in [0.1, 0.15) is 11.5 Å². The minimum absolute atomic E-state index is 0.180. The van der Waals surface area contributed by atoms with E-state index in [0.717, 1.165) is 49.7 Å². The average molecular weight is 466 g/mol. The number of alkyl halides is 3. The SMILES string of the molecule is COc1ccc(N2CCN(CCNC(=O)C(=O)Nc3ccc(OC(F)(F)F)cc3)CC2)cc1. The molecule has 33 heavy (non-hydrogen) atoms. The van der Waals surface area contributed by atoms with Gasteiger partial charge in [-0.15, -0.1) is 13.2 Å². The third-order valence-corrected chi connectivity index (χ3v) is 5.08. The second-order valence-electron chi connectivity index (χ2n) is 7.31. The molecule has 2 aromatic rings. The molecule has 1 aliphatic heterocycles. The van der Waals surface area contributed by atoms with E-state index in [-0.39, 0.29) is 5.69 Å². The van der Waals surface area contributed by atoms with Crippen molar-refractivity contribution < 1.29 is 32.2 Å². The van der Waals surface area contributed by atoms with Crippen molar-refractivity contribution in [2.45, 2.75) is 6.36 Å². The predicted octanol–water partition coefficient (Wildman–Crippen LogP) is 2.47. The first-order valence-corrected chi connectivity index (χ1v) is 10.3. The molecule has 2 aromatic carbocycles. The van der Waals surface area contributed by atoms with Crippen molar-refractivity contribution in [3.05, 3.63) is 48.5 Å². The van der Waals surface area contributed by atoms with E-state index in [0.29, 0.717) is 13.1 Å². The van der Waals surface area contributed by atoms with Crippen LogP contribution in [0.1, 0.15) is 0 Å². The number of amides is 2. The minimum Gasteiger partial charge on any atom is -0.497 e. The highest BCUT2D eigenvalue weighted by atomic mass is 19.4. The van der Waals surface area contributed by atoms with Gasteiger partial charge < -0.3 is 25.0 Å². The molecule has 0 bridgehead atoms. The molecule has 1 heterocycles. The summed E-state index contributed by atoms with van der Waals surface area (Å²) in [5.74, 6) is -1.33. The number of benzene rings is 2. The van der Waals surface area contributed by atoms with Crippen LogP contribution in [-0.4, -0.2) is 69.5 Å². The molecule has 0 saturated carbocycles. The third kappa shape index (κ3) is 7.56. The van der Waals surface area contributed by atoms with Crippen LogP contribution in [0.4, 0.5) is 24.5 Å². The van der Waals surface area contributed by atoms with E-state index in [2.05, 4.69) is 25.2 Å². The van der Waals surface area contributed by atoms with Crippen LogP contribution in [0.2, 0.25) is 0 Å². The second kappa shape index (κ2) is 10.9. The Kier molecular flexibility index (Phi) is 7.99. The fourth-order valence-corrected chi connectivity index (χ4v) is 3.36. The molecular weight excluding hydrogens is 441 g/mol. The average Bonchev–Trinajstić information content (AvgIpc) is 2.80. The molecule has 2 N–H and O–H groups in total. The van der Waals surface area contributed by atoms with Gasteiger partial charge >= 0.3 is 18.2 Å². The summed E-state index contributed by atoms with van der Waals surface area (Å²) in [6.07, 6.45) is -4.80. The van der Waals surface area contributed by atoms with E-state index in [1.165, 1.54) is 12.1 Å². The summed E-state index contributed by atoms with van der Waals surface area (Å²) in [4.78, 5) is 28.5. The van der Waals surface area contributed by atoms with Crippen LogP contribution in [0.3, 0.4) is 0 Å². The van der Waals surface area contributed by atoms with Crippen molar-refractivity contribution in [2.24, 2.45) is 0 Å². The van der Waals surface area contributed by atoms with Crippen molar-refractivity contribution >= 4 is 23.2 Å². The van der Waals surface area contributed by atoms with Crippen molar-refractivity contribution in [3.63, 3.8) is 0 Å². The van der Waals surface area contributed by atoms with Gasteiger partial charge in [-0.05, 0) is 48.5 Å². The molecule has 0 atom stereocenters. The number of nitrogens with zero attached hydrogens (tertiary/aromatic N) is 2. The van der Waals surface area contributed by atoms with Gasteiger partial charge in [0.2, 0.25) is 0 Å². The number of hydrogen-bond donors (Lipinski definition) is 2. The van der Waals surface area contributed by atoms with Crippen LogP contribution in [-0.2, 0) is 9.59 Å². The van der Waals surface area contributed by atoms with E-state index in [1.807, 2.05) is 24.3 Å². The highest BCUT2D eigenvalue weighted by Gasteiger charge is 2.31. The number of nitrogens with one attached hydrogen (secondary N) is 2. The van der Waals surface area contributed by atoms with Crippen molar-refractivity contribution in [1.29, 1.82) is 0 Å². The standard InChI is InChI=1S/C22H25F3N4O4/c1-32-18-8-4-17(5-9-18)29-14-12-28(13-15-29)11-10-26-20(30)21(31)27-16-2-6-19(7-3-16)33-22(23,24)25/h2-9H,10-15H2,1H3,(H,26,30)(H,27,31). The maximum Gasteiger partial charge on any atom is 0.573 e. The van der Waals surface area contributed by atoms with Gasteiger partial charge in [0, 0.05) is 50.6 Å². The summed E-state index contributed by atoms with van der Waals surface area (Å²) in [5.41, 5.74) is 1.30. The molecule has 0 spiro atoms. The molecule has 1 fully saturated rings. The Bertz CT molecular complexity index is 928. The molecule has 0 unspecified atom stereocenters. The van der Waals surface area contributed by atoms with E-state index in [4.69, 9.17) is 4.74 Å². The van der Waals surface area contributed by atoms with Crippen LogP contribution in [0.15, 0.2) is 48.5 Å². The van der Waals surface area contributed by atoms with Gasteiger partial charge in [0.05, 0.1) is 7.11 Å². The van der Waals surface area contributed by atoms with Gasteiger partial charge in [-0.2, -0.15) is 0 Å². The Balaban J connectivity index is 1.35. The molecule has 178 valence electrons. The predicted molar refractivity (Wildman–Crippen MR) is 116 cm³/mol. The zero-order chi connectivity index (χ0) is 23.8. The quantitative estimate of drug-likeness (QED) is 0.611. The Labute approximate surface area is 189 Å². The molecule has 0 radical (unpaired) electrons. The molecule has 1 aliphatic rings. The molecule has 11 heteroatoms. The van der Waals surface area contributed by atoms with E-state index < -0.39 is 23.9 Å². The molecule has 0 aliphatic carbocycles. The Morgan fingerprint density at radius 1 is 0.909 bits per heavy atom. The van der Waals surface area contributed by atoms with Crippen molar-refractivity contribution in [1.82, 2.24) is 10.2 Å². The molecule has 0 aromatic heterocycles. The van der Waals surface area contributed by atoms with Crippen LogP contribution in [0.5, 0.6) is 11.5 Å². The lowest BCUT2D eigenvalue weighted by Crippen LogP contribution is -2.49. The fraction of sp³-hybridized carbons (Fsp3) is 0.364. The summed E-state index contributed by atoms with van der Waals surface area (Å²) >= 11 is 0. The van der Waals surface area contributed by atoms with E-state index >= 15 is 0 Å². The maximum atomic E-state index is 12.2. The summed E-state index contributed by atoms with van der Waals surface area (Å²) in [6, 6.07) is 12.4. The number of hydrogen-bond acceptors (Lipinski definition) is 6. The van der Waals surface area contributed by atoms with E-state index in [9.17, 15) is 22.8 Å². The van der Waals surface area contributed by atoms with Crippen LogP contribution < -0.4 is 25.0 Å². The Morgan fingerprint density at radius 2 is 1.52 bits per heavy atom. The highest BCUT2D eigenvalue weighted by Crippen LogP contribution is 2.24. The number of ether oxygens (including phenoxy) is 2. The number of carbonyl (C=O) groups excluding carboxylic acids is 2. The summed E-state index contributed by atoms with van der Waals surface area (Å²) in [7, 11) is 1.63. The van der Waals surface area contributed by atoms with Crippen LogP contribution in [0, 0.1) is 0 Å². The number of methoxy groups -OCH3 is 1. The number of carbonyl (C=O) groups is 2. The molecule has 1 saturated heterocycles. The summed E-state index contributed by atoms with van der Waals surface area (Å²) in [5, 5.41) is 4.89. The fourth-order valence-electron chi connectivity index (χ4n) is 3.36. The number of rotatable bonds is 7. The van der Waals surface area contributed by atoms with Crippen LogP contribution in [0.25, 0.3) is 0 Å².